The Kier molecular flexibility index (Phi) is 3.23. The zero-order chi connectivity index (χ0) is 12.4. The molecular formula is C14H19N3. The third-order valence-electron chi connectivity index (χ3n) is 3.26. The Balaban J connectivity index is 2.25. The third-order valence-corrected chi connectivity index (χ3v) is 3.26. The quantitative estimate of drug-likeness (QED) is 0.808. The highest BCUT2D eigenvalue weighted by molar-refractivity contribution is 5.63. The highest BCUT2D eigenvalue weighted by Gasteiger charge is 2.25. The van der Waals surface area contributed by atoms with Gasteiger partial charge in [-0.3, -0.25) is 0 Å². The van der Waals surface area contributed by atoms with Crippen LogP contribution >= 0.6 is 0 Å². The van der Waals surface area contributed by atoms with Gasteiger partial charge in [-0.2, -0.15) is 5.26 Å². The van der Waals surface area contributed by atoms with Gasteiger partial charge in [0.25, 0.3) is 0 Å². The molecule has 0 bridgehead atoms. The summed E-state index contributed by atoms with van der Waals surface area (Å²) in [6, 6.07) is 8.34. The molecule has 1 fully saturated rings. The summed E-state index contributed by atoms with van der Waals surface area (Å²) in [5.41, 5.74) is 7.99. The second kappa shape index (κ2) is 4.67. The summed E-state index contributed by atoms with van der Waals surface area (Å²) < 4.78 is 0. The molecule has 90 valence electrons. The summed E-state index contributed by atoms with van der Waals surface area (Å²) in [7, 11) is 0. The molecular weight excluding hydrogens is 210 g/mol. The average Bonchev–Trinajstić information content (AvgIpc) is 3.10. The van der Waals surface area contributed by atoms with Crippen molar-refractivity contribution in [3.63, 3.8) is 0 Å². The van der Waals surface area contributed by atoms with E-state index in [0.29, 0.717) is 17.3 Å². The van der Waals surface area contributed by atoms with E-state index in [4.69, 9.17) is 11.0 Å². The number of anilines is 2. The molecule has 0 unspecified atom stereocenters. The lowest BCUT2D eigenvalue weighted by Crippen LogP contribution is -2.32. The number of rotatable bonds is 4. The summed E-state index contributed by atoms with van der Waals surface area (Å²) in [4.78, 5) is 2.36. The van der Waals surface area contributed by atoms with Gasteiger partial charge in [0.15, 0.2) is 0 Å². The van der Waals surface area contributed by atoms with Crippen LogP contribution in [0.1, 0.15) is 32.3 Å². The van der Waals surface area contributed by atoms with Gasteiger partial charge in [0.05, 0.1) is 5.56 Å². The van der Waals surface area contributed by atoms with Crippen LogP contribution in [0, 0.1) is 17.2 Å². The number of nitrogens with two attached hydrogens (primary N) is 1. The van der Waals surface area contributed by atoms with Gasteiger partial charge >= 0.3 is 0 Å². The highest BCUT2D eigenvalue weighted by atomic mass is 15.2. The fourth-order valence-corrected chi connectivity index (χ4v) is 2.01. The van der Waals surface area contributed by atoms with E-state index in [9.17, 15) is 0 Å². The SMILES string of the molecule is CC(C)N(CC1CC1)c1ccc(N)c(C#N)c1. The van der Waals surface area contributed by atoms with Crippen LogP contribution in [-0.2, 0) is 0 Å². The number of hydrogen-bond donors (Lipinski definition) is 1. The Morgan fingerprint density at radius 3 is 2.71 bits per heavy atom. The Morgan fingerprint density at radius 2 is 2.18 bits per heavy atom. The van der Waals surface area contributed by atoms with E-state index >= 15 is 0 Å². The van der Waals surface area contributed by atoms with Crippen molar-refractivity contribution in [2.45, 2.75) is 32.7 Å². The number of nitrogens with zero attached hydrogens (tertiary/aromatic N) is 2. The molecule has 1 saturated carbocycles. The van der Waals surface area contributed by atoms with Crippen molar-refractivity contribution in [1.29, 1.82) is 5.26 Å². The maximum absolute atomic E-state index is 9.01. The van der Waals surface area contributed by atoms with Crippen molar-refractivity contribution in [1.82, 2.24) is 0 Å². The summed E-state index contributed by atoms with van der Waals surface area (Å²) in [5.74, 6) is 0.834. The second-order valence-corrected chi connectivity index (χ2v) is 5.07. The van der Waals surface area contributed by atoms with Crippen LogP contribution < -0.4 is 10.6 Å². The zero-order valence-electron chi connectivity index (χ0n) is 10.5. The lowest BCUT2D eigenvalue weighted by molar-refractivity contribution is 0.645. The molecule has 0 amide bonds. The Labute approximate surface area is 103 Å². The number of nitrogen functional groups attached to an aromatic ring is 1. The molecule has 1 aliphatic carbocycles. The van der Waals surface area contributed by atoms with Gasteiger partial charge in [0, 0.05) is 24.0 Å². The molecule has 3 heteroatoms. The van der Waals surface area contributed by atoms with E-state index in [1.54, 1.807) is 0 Å². The van der Waals surface area contributed by atoms with Crippen molar-refractivity contribution >= 4 is 11.4 Å². The molecule has 0 aliphatic heterocycles. The third kappa shape index (κ3) is 2.71. The van der Waals surface area contributed by atoms with Crippen LogP contribution in [0.5, 0.6) is 0 Å². The number of nitriles is 1. The van der Waals surface area contributed by atoms with Crippen molar-refractivity contribution < 1.29 is 0 Å². The first kappa shape index (κ1) is 11.8. The van der Waals surface area contributed by atoms with Gasteiger partial charge in [-0.1, -0.05) is 0 Å². The average molecular weight is 229 g/mol. The largest absolute Gasteiger partial charge is 0.398 e. The lowest BCUT2D eigenvalue weighted by atomic mass is 10.1. The fourth-order valence-electron chi connectivity index (χ4n) is 2.01. The molecule has 2 N–H and O–H groups in total. The van der Waals surface area contributed by atoms with Crippen LogP contribution in [0.4, 0.5) is 11.4 Å². The van der Waals surface area contributed by atoms with Gasteiger partial charge in [-0.25, -0.2) is 0 Å². The van der Waals surface area contributed by atoms with Gasteiger partial charge in [0.1, 0.15) is 6.07 Å². The van der Waals surface area contributed by atoms with Crippen molar-refractivity contribution in [2.75, 3.05) is 17.2 Å². The van der Waals surface area contributed by atoms with Crippen molar-refractivity contribution in [3.8, 4) is 6.07 Å². The van der Waals surface area contributed by atoms with Gasteiger partial charge in [0.2, 0.25) is 0 Å². The smallest absolute Gasteiger partial charge is 0.101 e. The monoisotopic (exact) mass is 229 g/mol. The predicted octanol–water partition coefficient (Wildman–Crippen LogP) is 2.77. The van der Waals surface area contributed by atoms with Crippen molar-refractivity contribution in [2.24, 2.45) is 5.92 Å². The molecule has 0 aromatic heterocycles. The molecule has 1 aromatic rings. The number of benzene rings is 1. The first-order valence-electron chi connectivity index (χ1n) is 6.18. The second-order valence-electron chi connectivity index (χ2n) is 5.07. The molecule has 3 nitrogen and oxygen atoms in total. The van der Waals surface area contributed by atoms with Crippen molar-refractivity contribution in [3.05, 3.63) is 23.8 Å². The van der Waals surface area contributed by atoms with E-state index in [-0.39, 0.29) is 0 Å². The molecule has 0 saturated heterocycles. The van der Waals surface area contributed by atoms with Crippen LogP contribution in [-0.4, -0.2) is 12.6 Å². The first-order valence-corrected chi connectivity index (χ1v) is 6.18. The zero-order valence-corrected chi connectivity index (χ0v) is 10.5. The molecule has 2 rings (SSSR count). The van der Waals surface area contributed by atoms with Gasteiger partial charge in [-0.15, -0.1) is 0 Å². The van der Waals surface area contributed by atoms with Crippen LogP contribution in [0.25, 0.3) is 0 Å². The van der Waals surface area contributed by atoms with E-state index in [0.717, 1.165) is 18.2 Å². The predicted molar refractivity (Wildman–Crippen MR) is 70.8 cm³/mol. The highest BCUT2D eigenvalue weighted by Crippen LogP contribution is 2.33. The maximum Gasteiger partial charge on any atom is 0.101 e. The van der Waals surface area contributed by atoms with Crippen LogP contribution in [0.3, 0.4) is 0 Å². The summed E-state index contributed by atoms with van der Waals surface area (Å²) >= 11 is 0. The standard InChI is InChI=1S/C14H19N3/c1-10(2)17(9-11-3-4-11)13-5-6-14(16)12(7-13)8-15/h5-7,10-11H,3-4,9,16H2,1-2H3. The van der Waals surface area contributed by atoms with Crippen LogP contribution in [0.2, 0.25) is 0 Å². The summed E-state index contributed by atoms with van der Waals surface area (Å²) in [6.45, 7) is 5.46. The fraction of sp³-hybridized carbons (Fsp3) is 0.500. The lowest BCUT2D eigenvalue weighted by Gasteiger charge is -2.29. The molecule has 1 aromatic carbocycles. The molecule has 0 radical (unpaired) electrons. The van der Waals surface area contributed by atoms with Gasteiger partial charge in [-0.05, 0) is 50.8 Å². The Hall–Kier alpha value is -1.69. The molecule has 0 heterocycles. The minimum absolute atomic E-state index is 0.450. The van der Waals surface area contributed by atoms with E-state index in [1.165, 1.54) is 12.8 Å². The Morgan fingerprint density at radius 1 is 1.47 bits per heavy atom. The normalized spacial score (nSPS) is 14.7. The maximum atomic E-state index is 9.01. The van der Waals surface area contributed by atoms with Crippen LogP contribution in [0.15, 0.2) is 18.2 Å². The van der Waals surface area contributed by atoms with Gasteiger partial charge < -0.3 is 10.6 Å². The molecule has 0 spiro atoms. The minimum Gasteiger partial charge on any atom is -0.398 e. The molecule has 17 heavy (non-hydrogen) atoms. The molecule has 0 atom stereocenters. The number of hydrogen-bond acceptors (Lipinski definition) is 3. The van der Waals surface area contributed by atoms with E-state index in [1.807, 2.05) is 18.2 Å². The minimum atomic E-state index is 0.450. The summed E-state index contributed by atoms with van der Waals surface area (Å²) in [6.07, 6.45) is 2.67. The molecule has 1 aliphatic rings. The summed E-state index contributed by atoms with van der Waals surface area (Å²) in [5, 5.41) is 9.01. The van der Waals surface area contributed by atoms with E-state index < -0.39 is 0 Å². The Bertz CT molecular complexity index is 441. The topological polar surface area (TPSA) is 53.0 Å². The van der Waals surface area contributed by atoms with E-state index in [2.05, 4.69) is 24.8 Å². The first-order chi connectivity index (χ1) is 8.11.